The molecular formula is C37H36N6O6S. The molecule has 0 bridgehead atoms. The van der Waals surface area contributed by atoms with E-state index in [0.29, 0.717) is 46.7 Å². The number of hydrogen-bond acceptors (Lipinski definition) is 8. The molecule has 1 aromatic heterocycles. The maximum absolute atomic E-state index is 13.3. The van der Waals surface area contributed by atoms with Crippen LogP contribution in [-0.4, -0.2) is 79.9 Å². The molecule has 7 rings (SSSR count). The smallest absolute Gasteiger partial charge is 0.263 e. The molecule has 12 nitrogen and oxygen atoms in total. The van der Waals surface area contributed by atoms with Gasteiger partial charge in [-0.1, -0.05) is 30.3 Å². The minimum Gasteiger partial charge on any atom is -0.366 e. The van der Waals surface area contributed by atoms with E-state index in [0.717, 1.165) is 47.3 Å². The van der Waals surface area contributed by atoms with Gasteiger partial charge in [0.05, 0.1) is 22.4 Å². The molecule has 3 aliphatic rings. The molecule has 3 N–H and O–H groups in total. The Morgan fingerprint density at radius 1 is 0.940 bits per heavy atom. The van der Waals surface area contributed by atoms with Gasteiger partial charge in [-0.25, -0.2) is 4.68 Å². The minimum absolute atomic E-state index is 0.0718. The van der Waals surface area contributed by atoms with Crippen LogP contribution >= 0.6 is 11.8 Å². The van der Waals surface area contributed by atoms with Gasteiger partial charge in [0, 0.05) is 48.3 Å². The van der Waals surface area contributed by atoms with Crippen molar-refractivity contribution in [1.82, 2.24) is 24.9 Å². The molecule has 1 unspecified atom stereocenters. The number of nitrogens with two attached hydrogens (primary N) is 1. The Morgan fingerprint density at radius 3 is 2.52 bits per heavy atom. The first kappa shape index (κ1) is 33.2. The summed E-state index contributed by atoms with van der Waals surface area (Å²) in [4.78, 5) is 79.1. The monoisotopic (exact) mass is 692 g/mol. The third kappa shape index (κ3) is 6.40. The number of amides is 6. The van der Waals surface area contributed by atoms with Crippen molar-refractivity contribution in [2.45, 2.75) is 61.8 Å². The fourth-order valence-electron chi connectivity index (χ4n) is 7.07. The second-order valence-corrected chi connectivity index (χ2v) is 14.0. The van der Waals surface area contributed by atoms with Crippen LogP contribution in [0.2, 0.25) is 0 Å². The van der Waals surface area contributed by atoms with E-state index in [1.54, 1.807) is 35.0 Å². The number of imide groups is 2. The second kappa shape index (κ2) is 13.9. The van der Waals surface area contributed by atoms with Crippen molar-refractivity contribution in [2.24, 2.45) is 5.73 Å². The highest BCUT2D eigenvalue weighted by molar-refractivity contribution is 7.99. The summed E-state index contributed by atoms with van der Waals surface area (Å²) in [6.07, 6.45) is 5.86. The van der Waals surface area contributed by atoms with Crippen molar-refractivity contribution in [1.29, 1.82) is 0 Å². The fraction of sp³-hybridized carbons (Fsp3) is 0.324. The first-order valence-electron chi connectivity index (χ1n) is 16.8. The number of likely N-dealkylation sites (tertiary alicyclic amines) is 1. The van der Waals surface area contributed by atoms with Gasteiger partial charge in [-0.15, -0.1) is 11.8 Å². The molecule has 4 aromatic rings. The molecule has 4 heterocycles. The van der Waals surface area contributed by atoms with E-state index in [1.807, 2.05) is 29.3 Å². The average Bonchev–Trinajstić information content (AvgIpc) is 3.67. The topological polar surface area (TPSA) is 165 Å². The van der Waals surface area contributed by atoms with Gasteiger partial charge < -0.3 is 10.6 Å². The van der Waals surface area contributed by atoms with Crippen LogP contribution in [-0.2, 0) is 14.4 Å². The Morgan fingerprint density at radius 2 is 1.74 bits per heavy atom. The second-order valence-electron chi connectivity index (χ2n) is 12.9. The Kier molecular flexibility index (Phi) is 9.23. The van der Waals surface area contributed by atoms with Crippen LogP contribution in [0.1, 0.15) is 87.5 Å². The largest absolute Gasteiger partial charge is 0.366 e. The number of hydrogen-bond donors (Lipinski definition) is 2. The Balaban J connectivity index is 0.906. The molecule has 6 amide bonds. The summed E-state index contributed by atoms with van der Waals surface area (Å²) < 4.78 is 1.74. The molecule has 3 aliphatic heterocycles. The molecule has 256 valence electrons. The quantitative estimate of drug-likeness (QED) is 0.142. The minimum atomic E-state index is -1.000. The third-order valence-corrected chi connectivity index (χ3v) is 10.8. The number of carbonyl (C=O) groups is 6. The molecule has 0 spiro atoms. The van der Waals surface area contributed by atoms with Crippen molar-refractivity contribution in [3.63, 3.8) is 0 Å². The molecule has 13 heteroatoms. The lowest BCUT2D eigenvalue weighted by molar-refractivity contribution is -0.136. The zero-order valence-electron chi connectivity index (χ0n) is 27.3. The number of primary amides is 1. The van der Waals surface area contributed by atoms with Gasteiger partial charge in [-0.05, 0) is 73.8 Å². The number of benzene rings is 3. The highest BCUT2D eigenvalue weighted by Crippen LogP contribution is 2.35. The maximum Gasteiger partial charge on any atom is 0.263 e. The van der Waals surface area contributed by atoms with Gasteiger partial charge in [0.2, 0.25) is 17.7 Å². The van der Waals surface area contributed by atoms with Crippen LogP contribution in [0.3, 0.4) is 0 Å². The van der Waals surface area contributed by atoms with Crippen LogP contribution in [0, 0.1) is 0 Å². The highest BCUT2D eigenvalue weighted by atomic mass is 32.2. The first-order chi connectivity index (χ1) is 24.2. The number of unbranched alkanes of at least 4 members (excludes halogenated alkanes) is 1. The number of aromatic nitrogens is 2. The Labute approximate surface area is 292 Å². The molecule has 0 saturated carbocycles. The van der Waals surface area contributed by atoms with Crippen LogP contribution in [0.25, 0.3) is 16.6 Å². The van der Waals surface area contributed by atoms with Crippen molar-refractivity contribution in [3.05, 3.63) is 89.1 Å². The number of fused-ring (bicyclic) bond motifs is 2. The SMILES string of the molecule is NC(=O)c1cccc2cn(-c3ccc([C@@H]4CCCN(C(=O)CCCCSc5cccc6c5C(=O)N(C5CCC(=O)NC5=O)C6=O)C4)cc3)nc12. The van der Waals surface area contributed by atoms with Gasteiger partial charge >= 0.3 is 0 Å². The lowest BCUT2D eigenvalue weighted by Crippen LogP contribution is -2.54. The van der Waals surface area contributed by atoms with Gasteiger partial charge in [0.1, 0.15) is 11.6 Å². The number of piperidine rings is 2. The molecule has 50 heavy (non-hydrogen) atoms. The average molecular weight is 693 g/mol. The number of thioether (sulfide) groups is 1. The van der Waals surface area contributed by atoms with Crippen LogP contribution in [0.15, 0.2) is 71.8 Å². The third-order valence-electron chi connectivity index (χ3n) is 9.68. The lowest BCUT2D eigenvalue weighted by Gasteiger charge is -2.33. The molecule has 2 atom stereocenters. The lowest BCUT2D eigenvalue weighted by atomic mass is 9.90. The summed E-state index contributed by atoms with van der Waals surface area (Å²) in [6, 6.07) is 17.6. The highest BCUT2D eigenvalue weighted by Gasteiger charge is 2.45. The van der Waals surface area contributed by atoms with E-state index >= 15 is 0 Å². The van der Waals surface area contributed by atoms with Crippen LogP contribution in [0.5, 0.6) is 0 Å². The van der Waals surface area contributed by atoms with Gasteiger partial charge in [-0.3, -0.25) is 39.0 Å². The van der Waals surface area contributed by atoms with Gasteiger partial charge in [-0.2, -0.15) is 5.10 Å². The van der Waals surface area contributed by atoms with Crippen molar-refractivity contribution in [3.8, 4) is 5.69 Å². The summed E-state index contributed by atoms with van der Waals surface area (Å²) in [7, 11) is 0. The van der Waals surface area contributed by atoms with E-state index in [2.05, 4.69) is 22.5 Å². The zero-order valence-corrected chi connectivity index (χ0v) is 28.1. The van der Waals surface area contributed by atoms with E-state index in [1.165, 1.54) is 11.8 Å². The summed E-state index contributed by atoms with van der Waals surface area (Å²) in [5.41, 5.74) is 9.07. The molecule has 0 radical (unpaired) electrons. The summed E-state index contributed by atoms with van der Waals surface area (Å²) in [6.45, 7) is 1.40. The van der Waals surface area contributed by atoms with E-state index in [-0.39, 0.29) is 30.2 Å². The van der Waals surface area contributed by atoms with E-state index < -0.39 is 35.6 Å². The first-order valence-corrected chi connectivity index (χ1v) is 17.8. The van der Waals surface area contributed by atoms with Crippen LogP contribution in [0.4, 0.5) is 0 Å². The normalized spacial score (nSPS) is 19.2. The van der Waals surface area contributed by atoms with E-state index in [4.69, 9.17) is 5.73 Å². The van der Waals surface area contributed by atoms with Crippen LogP contribution < -0.4 is 11.1 Å². The molecule has 2 saturated heterocycles. The Bertz CT molecular complexity index is 2040. The van der Waals surface area contributed by atoms with Crippen molar-refractivity contribution < 1.29 is 28.8 Å². The predicted molar refractivity (Wildman–Crippen MR) is 186 cm³/mol. The van der Waals surface area contributed by atoms with Crippen molar-refractivity contribution in [2.75, 3.05) is 18.8 Å². The van der Waals surface area contributed by atoms with Crippen molar-refractivity contribution >= 4 is 58.1 Å². The predicted octanol–water partition coefficient (Wildman–Crippen LogP) is 4.19. The van der Waals surface area contributed by atoms with Gasteiger partial charge in [0.15, 0.2) is 0 Å². The molecule has 3 aromatic carbocycles. The number of carbonyl (C=O) groups excluding carboxylic acids is 6. The Hall–Kier alpha value is -5.30. The number of rotatable bonds is 10. The number of nitrogens with one attached hydrogen (secondary N) is 1. The molecule has 2 fully saturated rings. The molecular weight excluding hydrogens is 657 g/mol. The zero-order chi connectivity index (χ0) is 34.9. The summed E-state index contributed by atoms with van der Waals surface area (Å²) >= 11 is 1.46. The number of nitrogens with zero attached hydrogens (tertiary/aromatic N) is 4. The summed E-state index contributed by atoms with van der Waals surface area (Å²) in [5, 5.41) is 7.65. The molecule has 0 aliphatic carbocycles. The fourth-order valence-corrected chi connectivity index (χ4v) is 8.16. The maximum atomic E-state index is 13.3. The van der Waals surface area contributed by atoms with Gasteiger partial charge in [0.25, 0.3) is 17.7 Å². The standard InChI is InChI=1S/C37H36N6O6S/c38-34(46)27-9-3-6-24-21-42(40-33(24)27)25-14-12-22(13-15-25)23-7-5-18-41(20-23)31(45)11-1-2-19-50-29-10-4-8-26-32(29)37(49)43(36(26)48)28-16-17-30(44)39-35(28)47/h3-4,6,8-10,12-15,21,23,28H,1-2,5,7,11,16-20H2,(H2,38,46)(H,39,44,47)/t23-,28?/m1/s1. The van der Waals surface area contributed by atoms with E-state index in [9.17, 15) is 28.8 Å². The summed E-state index contributed by atoms with van der Waals surface area (Å²) in [5.74, 6) is -1.56.